The van der Waals surface area contributed by atoms with Crippen LogP contribution in [0.25, 0.3) is 0 Å². The summed E-state index contributed by atoms with van der Waals surface area (Å²) >= 11 is 17.9. The van der Waals surface area contributed by atoms with E-state index in [2.05, 4.69) is 6.08 Å². The number of ether oxygens (including phenoxy) is 1. The van der Waals surface area contributed by atoms with Crippen LogP contribution in [0.4, 0.5) is 0 Å². The molecule has 0 aromatic heterocycles. The third kappa shape index (κ3) is 2.87. The molecule has 0 N–H and O–H groups in total. The Hall–Kier alpha value is 0.787. The predicted octanol–water partition coefficient (Wildman–Crippen LogP) is 3.62. The zero-order chi connectivity index (χ0) is 10.1. The molecular formula is C8H13Cl3OSi. The highest BCUT2D eigenvalue weighted by atomic mass is 35.8. The Morgan fingerprint density at radius 2 is 2.15 bits per heavy atom. The number of hydrogen-bond donors (Lipinski definition) is 0. The molecule has 0 radical (unpaired) electrons. The van der Waals surface area contributed by atoms with Crippen molar-refractivity contribution >= 4 is 39.2 Å². The summed E-state index contributed by atoms with van der Waals surface area (Å²) in [6.45, 7) is 5.40. The highest BCUT2D eigenvalue weighted by Gasteiger charge is 2.41. The van der Waals surface area contributed by atoms with Crippen LogP contribution >= 0.6 is 33.2 Å². The van der Waals surface area contributed by atoms with Gasteiger partial charge in [0.15, 0.2) is 0 Å². The van der Waals surface area contributed by atoms with Gasteiger partial charge < -0.3 is 4.74 Å². The SMILES string of the molecule is C/C=C1/COC[C@H]1C(C)[Si](Cl)(Cl)Cl. The van der Waals surface area contributed by atoms with Crippen LogP contribution in [-0.4, -0.2) is 19.2 Å². The van der Waals surface area contributed by atoms with Crippen molar-refractivity contribution in [3.63, 3.8) is 0 Å². The lowest BCUT2D eigenvalue weighted by atomic mass is 9.99. The summed E-state index contributed by atoms with van der Waals surface area (Å²) in [5.74, 6) is 0.309. The Morgan fingerprint density at radius 1 is 1.54 bits per heavy atom. The van der Waals surface area contributed by atoms with E-state index in [1.165, 1.54) is 5.57 Å². The van der Waals surface area contributed by atoms with Crippen LogP contribution in [0.2, 0.25) is 5.54 Å². The topological polar surface area (TPSA) is 9.23 Å². The highest BCUT2D eigenvalue weighted by molar-refractivity contribution is 7.65. The van der Waals surface area contributed by atoms with Crippen LogP contribution < -0.4 is 0 Å². The van der Waals surface area contributed by atoms with Gasteiger partial charge in [0.25, 0.3) is 0 Å². The average Bonchev–Trinajstić information content (AvgIpc) is 2.48. The largest absolute Gasteiger partial charge is 0.376 e. The molecule has 0 aromatic rings. The van der Waals surface area contributed by atoms with E-state index in [1.54, 1.807) is 0 Å². The van der Waals surface area contributed by atoms with Crippen LogP contribution in [0.5, 0.6) is 0 Å². The fourth-order valence-corrected chi connectivity index (χ4v) is 3.64. The van der Waals surface area contributed by atoms with E-state index in [-0.39, 0.29) is 5.54 Å². The molecule has 5 heteroatoms. The standard InChI is InChI=1S/C8H13Cl3OSi/c1-3-7-4-12-5-8(7)6(2)13(9,10)11/h3,6,8H,4-5H2,1-2H3/b7-3-/t6?,8-/m0/s1. The molecule has 1 nitrogen and oxygen atoms in total. The van der Waals surface area contributed by atoms with Gasteiger partial charge in [0.2, 0.25) is 0 Å². The molecule has 1 fully saturated rings. The summed E-state index contributed by atoms with van der Waals surface area (Å²) in [5, 5.41) is 0. The summed E-state index contributed by atoms with van der Waals surface area (Å²) in [6.07, 6.45) is 2.07. The second-order valence-electron chi connectivity index (χ2n) is 3.32. The van der Waals surface area contributed by atoms with Gasteiger partial charge in [0.05, 0.1) is 13.2 Å². The van der Waals surface area contributed by atoms with Gasteiger partial charge in [-0.15, -0.1) is 33.2 Å². The molecule has 0 spiro atoms. The first-order chi connectivity index (χ1) is 5.96. The Morgan fingerprint density at radius 3 is 2.62 bits per heavy atom. The van der Waals surface area contributed by atoms with E-state index >= 15 is 0 Å². The predicted molar refractivity (Wildman–Crippen MR) is 60.8 cm³/mol. The monoisotopic (exact) mass is 258 g/mol. The molecule has 13 heavy (non-hydrogen) atoms. The molecule has 0 aromatic carbocycles. The van der Waals surface area contributed by atoms with E-state index in [0.717, 1.165) is 0 Å². The molecule has 0 aliphatic carbocycles. The fourth-order valence-electron chi connectivity index (χ4n) is 1.51. The molecule has 2 atom stereocenters. The van der Waals surface area contributed by atoms with Crippen molar-refractivity contribution in [2.75, 3.05) is 13.2 Å². The first kappa shape index (κ1) is 11.9. The van der Waals surface area contributed by atoms with E-state index in [0.29, 0.717) is 19.1 Å². The third-order valence-electron chi connectivity index (χ3n) is 2.53. The molecule has 0 bridgehead atoms. The van der Waals surface area contributed by atoms with Crippen LogP contribution in [0.15, 0.2) is 11.6 Å². The van der Waals surface area contributed by atoms with E-state index in [1.807, 2.05) is 13.8 Å². The zero-order valence-corrected chi connectivity index (χ0v) is 11.0. The van der Waals surface area contributed by atoms with Gasteiger partial charge in [-0.2, -0.15) is 0 Å². The van der Waals surface area contributed by atoms with Crippen molar-refractivity contribution in [2.45, 2.75) is 19.4 Å². The van der Waals surface area contributed by atoms with E-state index in [9.17, 15) is 0 Å². The molecule has 1 aliphatic heterocycles. The van der Waals surface area contributed by atoms with Crippen molar-refractivity contribution in [3.05, 3.63) is 11.6 Å². The normalized spacial score (nSPS) is 29.6. The van der Waals surface area contributed by atoms with Crippen LogP contribution in [0, 0.1) is 5.92 Å². The van der Waals surface area contributed by atoms with Gasteiger partial charge in [-0.25, -0.2) is 0 Å². The number of halogens is 3. The molecule has 1 aliphatic rings. The maximum absolute atomic E-state index is 5.97. The lowest BCUT2D eigenvalue weighted by Crippen LogP contribution is -2.25. The van der Waals surface area contributed by atoms with Crippen LogP contribution in [0.3, 0.4) is 0 Å². The van der Waals surface area contributed by atoms with E-state index < -0.39 is 6.00 Å². The summed E-state index contributed by atoms with van der Waals surface area (Å²) in [6, 6.07) is -2.59. The first-order valence-corrected chi connectivity index (χ1v) is 9.37. The average molecular weight is 260 g/mol. The molecular weight excluding hydrogens is 247 g/mol. The molecule has 0 saturated carbocycles. The van der Waals surface area contributed by atoms with Gasteiger partial charge in [0.1, 0.15) is 0 Å². The Kier molecular flexibility index (Phi) is 4.14. The lowest BCUT2D eigenvalue weighted by molar-refractivity contribution is 0.187. The molecule has 76 valence electrons. The summed E-state index contributed by atoms with van der Waals surface area (Å²) in [4.78, 5) is 0. The molecule has 0 amide bonds. The second kappa shape index (κ2) is 4.54. The van der Waals surface area contributed by atoms with Crippen LogP contribution in [-0.2, 0) is 4.74 Å². The van der Waals surface area contributed by atoms with Gasteiger partial charge >= 0.3 is 6.00 Å². The maximum atomic E-state index is 5.97. The zero-order valence-electron chi connectivity index (χ0n) is 7.69. The fraction of sp³-hybridized carbons (Fsp3) is 0.750. The van der Waals surface area contributed by atoms with E-state index in [4.69, 9.17) is 38.0 Å². The smallest absolute Gasteiger partial charge is 0.344 e. The minimum atomic E-state index is -2.59. The van der Waals surface area contributed by atoms with Crippen molar-refractivity contribution in [3.8, 4) is 0 Å². The van der Waals surface area contributed by atoms with Gasteiger partial charge in [-0.1, -0.05) is 13.0 Å². The quantitative estimate of drug-likeness (QED) is 0.418. The maximum Gasteiger partial charge on any atom is 0.344 e. The van der Waals surface area contributed by atoms with Crippen molar-refractivity contribution in [1.29, 1.82) is 0 Å². The highest BCUT2D eigenvalue weighted by Crippen LogP contribution is 2.43. The minimum Gasteiger partial charge on any atom is -0.376 e. The van der Waals surface area contributed by atoms with Crippen LogP contribution in [0.1, 0.15) is 13.8 Å². The number of allylic oxidation sites excluding steroid dienone is 1. The third-order valence-corrected chi connectivity index (χ3v) is 7.07. The summed E-state index contributed by atoms with van der Waals surface area (Å²) in [5.41, 5.74) is 1.40. The molecule has 1 heterocycles. The Labute approximate surface area is 94.1 Å². The summed E-state index contributed by atoms with van der Waals surface area (Å²) < 4.78 is 5.35. The van der Waals surface area contributed by atoms with Crippen molar-refractivity contribution in [2.24, 2.45) is 5.92 Å². The Balaban J connectivity index is 2.72. The molecule has 1 saturated heterocycles. The number of rotatable bonds is 2. The summed E-state index contributed by atoms with van der Waals surface area (Å²) in [7, 11) is 0. The van der Waals surface area contributed by atoms with Gasteiger partial charge in [0, 0.05) is 11.5 Å². The van der Waals surface area contributed by atoms with Gasteiger partial charge in [-0.05, 0) is 12.5 Å². The Bertz CT molecular complexity index is 212. The molecule has 1 rings (SSSR count). The lowest BCUT2D eigenvalue weighted by Gasteiger charge is -2.23. The van der Waals surface area contributed by atoms with Crippen molar-refractivity contribution < 1.29 is 4.74 Å². The second-order valence-corrected chi connectivity index (χ2v) is 12.4. The van der Waals surface area contributed by atoms with Gasteiger partial charge in [-0.3, -0.25) is 0 Å². The number of hydrogen-bond acceptors (Lipinski definition) is 1. The minimum absolute atomic E-state index is 0.131. The van der Waals surface area contributed by atoms with Crippen molar-refractivity contribution in [1.82, 2.24) is 0 Å². The first-order valence-electron chi connectivity index (χ1n) is 4.26. The molecule has 1 unspecified atom stereocenters.